The summed E-state index contributed by atoms with van der Waals surface area (Å²) in [6, 6.07) is 9.03. The second-order valence-corrected chi connectivity index (χ2v) is 9.76. The lowest BCUT2D eigenvalue weighted by molar-refractivity contribution is -0.137. The van der Waals surface area contributed by atoms with Crippen LogP contribution in [-0.2, 0) is 20.9 Å². The monoisotopic (exact) mass is 487 g/mol. The van der Waals surface area contributed by atoms with Crippen molar-refractivity contribution in [2.24, 2.45) is 0 Å². The SMILES string of the molecule is COCC1CN(S(=O)(=O)c2ccc(Cl)cc2C)CCN1c1ccc(C#N)c(C(F)(F)F)c1. The number of nitrogens with zero attached hydrogens (tertiary/aromatic N) is 3. The van der Waals surface area contributed by atoms with E-state index in [0.717, 1.165) is 12.1 Å². The molecule has 2 aromatic rings. The second kappa shape index (κ2) is 9.27. The Labute approximate surface area is 189 Å². The molecule has 1 heterocycles. The van der Waals surface area contributed by atoms with Crippen molar-refractivity contribution < 1.29 is 26.3 Å². The predicted octanol–water partition coefficient (Wildman–Crippen LogP) is 4.06. The lowest BCUT2D eigenvalue weighted by atomic mass is 10.0. The van der Waals surface area contributed by atoms with Crippen LogP contribution in [0.5, 0.6) is 0 Å². The van der Waals surface area contributed by atoms with E-state index < -0.39 is 33.4 Å². The summed E-state index contributed by atoms with van der Waals surface area (Å²) >= 11 is 5.94. The number of alkyl halides is 3. The molecule has 1 aliphatic heterocycles. The van der Waals surface area contributed by atoms with Crippen LogP contribution >= 0.6 is 11.6 Å². The fourth-order valence-electron chi connectivity index (χ4n) is 3.80. The molecule has 1 atom stereocenters. The average molecular weight is 488 g/mol. The molecule has 0 N–H and O–H groups in total. The van der Waals surface area contributed by atoms with Crippen LogP contribution in [0.4, 0.5) is 18.9 Å². The molecule has 32 heavy (non-hydrogen) atoms. The highest BCUT2D eigenvalue weighted by atomic mass is 35.5. The van der Waals surface area contributed by atoms with Crippen LogP contribution < -0.4 is 4.90 Å². The molecule has 0 aliphatic carbocycles. The van der Waals surface area contributed by atoms with Gasteiger partial charge in [0.2, 0.25) is 10.0 Å². The molecule has 1 unspecified atom stereocenters. The third-order valence-electron chi connectivity index (χ3n) is 5.32. The number of rotatable bonds is 5. The van der Waals surface area contributed by atoms with Crippen LogP contribution in [0.15, 0.2) is 41.3 Å². The van der Waals surface area contributed by atoms with E-state index in [-0.39, 0.29) is 36.8 Å². The number of nitriles is 1. The lowest BCUT2D eigenvalue weighted by Gasteiger charge is -2.42. The van der Waals surface area contributed by atoms with E-state index in [1.54, 1.807) is 24.0 Å². The van der Waals surface area contributed by atoms with Gasteiger partial charge in [-0.3, -0.25) is 0 Å². The zero-order valence-corrected chi connectivity index (χ0v) is 18.9. The standard InChI is InChI=1S/C21H21ClF3N3O3S/c1-14-9-16(22)4-6-20(14)32(29,30)27-7-8-28(18(12-27)13-31-2)17-5-3-15(11-26)19(10-17)21(23,24)25/h3-6,9-10,18H,7-8,12-13H2,1-2H3. The summed E-state index contributed by atoms with van der Waals surface area (Å²) in [5, 5.41) is 9.45. The number of sulfonamides is 1. The Morgan fingerprint density at radius 2 is 1.94 bits per heavy atom. The number of methoxy groups -OCH3 is 1. The maximum Gasteiger partial charge on any atom is 0.417 e. The number of aryl methyl sites for hydroxylation is 1. The maximum atomic E-state index is 13.4. The minimum Gasteiger partial charge on any atom is -0.383 e. The van der Waals surface area contributed by atoms with Crippen LogP contribution in [0, 0.1) is 18.3 Å². The van der Waals surface area contributed by atoms with Crippen molar-refractivity contribution in [3.05, 3.63) is 58.1 Å². The third-order valence-corrected chi connectivity index (χ3v) is 7.58. The van der Waals surface area contributed by atoms with Gasteiger partial charge in [-0.05, 0) is 48.9 Å². The normalized spacial score (nSPS) is 17.9. The van der Waals surface area contributed by atoms with E-state index in [4.69, 9.17) is 21.6 Å². The Morgan fingerprint density at radius 3 is 2.53 bits per heavy atom. The summed E-state index contributed by atoms with van der Waals surface area (Å²) in [6.45, 7) is 2.01. The molecular weight excluding hydrogens is 467 g/mol. The minimum atomic E-state index is -4.69. The topological polar surface area (TPSA) is 73.6 Å². The molecule has 172 valence electrons. The molecule has 0 aromatic heterocycles. The average Bonchev–Trinajstić information content (AvgIpc) is 2.72. The van der Waals surface area contributed by atoms with E-state index in [1.165, 1.54) is 29.6 Å². The van der Waals surface area contributed by atoms with Gasteiger partial charge in [-0.2, -0.15) is 22.7 Å². The van der Waals surface area contributed by atoms with Crippen LogP contribution in [0.2, 0.25) is 5.02 Å². The fraction of sp³-hybridized carbons (Fsp3) is 0.381. The Bertz CT molecular complexity index is 1150. The first-order chi connectivity index (χ1) is 15.0. The van der Waals surface area contributed by atoms with Crippen LogP contribution in [0.25, 0.3) is 0 Å². The van der Waals surface area contributed by atoms with Gasteiger partial charge < -0.3 is 9.64 Å². The number of piperazine rings is 1. The molecule has 1 saturated heterocycles. The molecule has 0 radical (unpaired) electrons. The molecule has 2 aromatic carbocycles. The van der Waals surface area contributed by atoms with Gasteiger partial charge in [0.25, 0.3) is 0 Å². The highest BCUT2D eigenvalue weighted by Crippen LogP contribution is 2.35. The van der Waals surface area contributed by atoms with E-state index in [0.29, 0.717) is 10.6 Å². The molecule has 11 heteroatoms. The summed E-state index contributed by atoms with van der Waals surface area (Å²) in [5.74, 6) is 0. The summed E-state index contributed by atoms with van der Waals surface area (Å²) < 4.78 is 73.2. The zero-order chi connectivity index (χ0) is 23.7. The molecule has 0 saturated carbocycles. The Morgan fingerprint density at radius 1 is 1.22 bits per heavy atom. The van der Waals surface area contributed by atoms with Crippen molar-refractivity contribution in [1.29, 1.82) is 5.26 Å². The molecular formula is C21H21ClF3N3O3S. The van der Waals surface area contributed by atoms with Crippen molar-refractivity contribution in [3.63, 3.8) is 0 Å². The lowest BCUT2D eigenvalue weighted by Crippen LogP contribution is -2.56. The van der Waals surface area contributed by atoms with Gasteiger partial charge >= 0.3 is 6.18 Å². The van der Waals surface area contributed by atoms with E-state index in [9.17, 15) is 21.6 Å². The van der Waals surface area contributed by atoms with Crippen LogP contribution in [0.3, 0.4) is 0 Å². The largest absolute Gasteiger partial charge is 0.417 e. The van der Waals surface area contributed by atoms with Gasteiger partial charge in [-0.25, -0.2) is 8.42 Å². The number of hydrogen-bond donors (Lipinski definition) is 0. The molecule has 3 rings (SSSR count). The first-order valence-electron chi connectivity index (χ1n) is 9.62. The summed E-state index contributed by atoms with van der Waals surface area (Å²) in [7, 11) is -2.40. The Balaban J connectivity index is 1.93. The van der Waals surface area contributed by atoms with Gasteiger partial charge in [-0.1, -0.05) is 11.6 Å². The smallest absolute Gasteiger partial charge is 0.383 e. The summed E-state index contributed by atoms with van der Waals surface area (Å²) in [5.41, 5.74) is -0.743. The van der Waals surface area contributed by atoms with E-state index in [1.807, 2.05) is 0 Å². The highest BCUT2D eigenvalue weighted by Gasteiger charge is 2.37. The number of halogens is 4. The second-order valence-electron chi connectivity index (χ2n) is 7.41. The third kappa shape index (κ3) is 4.86. The Kier molecular flexibility index (Phi) is 7.05. The Hall–Kier alpha value is -2.32. The summed E-state index contributed by atoms with van der Waals surface area (Å²) in [4.78, 5) is 1.81. The number of benzene rings is 2. The highest BCUT2D eigenvalue weighted by molar-refractivity contribution is 7.89. The van der Waals surface area contributed by atoms with Gasteiger partial charge in [-0.15, -0.1) is 0 Å². The molecule has 6 nitrogen and oxygen atoms in total. The fourth-order valence-corrected chi connectivity index (χ4v) is 5.71. The number of anilines is 1. The number of hydrogen-bond acceptors (Lipinski definition) is 5. The van der Waals surface area contributed by atoms with E-state index >= 15 is 0 Å². The zero-order valence-electron chi connectivity index (χ0n) is 17.4. The van der Waals surface area contributed by atoms with Crippen molar-refractivity contribution in [2.45, 2.75) is 24.0 Å². The predicted molar refractivity (Wildman–Crippen MR) is 114 cm³/mol. The van der Waals surface area contributed by atoms with Gasteiger partial charge in [0.1, 0.15) is 0 Å². The molecule has 1 aliphatic rings. The van der Waals surface area contributed by atoms with Crippen molar-refractivity contribution in [3.8, 4) is 6.07 Å². The minimum absolute atomic E-state index is 0.0274. The molecule has 0 spiro atoms. The first kappa shape index (κ1) is 24.3. The quantitative estimate of drug-likeness (QED) is 0.635. The van der Waals surface area contributed by atoms with Gasteiger partial charge in [0, 0.05) is 37.5 Å². The van der Waals surface area contributed by atoms with Gasteiger partial charge in [0.15, 0.2) is 0 Å². The van der Waals surface area contributed by atoms with Crippen molar-refractivity contribution >= 4 is 27.3 Å². The summed E-state index contributed by atoms with van der Waals surface area (Å²) in [6.07, 6.45) is -4.69. The maximum absolute atomic E-state index is 13.4. The van der Waals surface area contributed by atoms with Crippen LogP contribution in [0.1, 0.15) is 16.7 Å². The number of ether oxygens (including phenoxy) is 1. The van der Waals surface area contributed by atoms with E-state index in [2.05, 4.69) is 0 Å². The van der Waals surface area contributed by atoms with Gasteiger partial charge in [0.05, 0.1) is 34.7 Å². The molecule has 0 amide bonds. The molecule has 1 fully saturated rings. The first-order valence-corrected chi connectivity index (χ1v) is 11.4. The van der Waals surface area contributed by atoms with Crippen molar-refractivity contribution in [2.75, 3.05) is 38.3 Å². The van der Waals surface area contributed by atoms with Crippen molar-refractivity contribution in [1.82, 2.24) is 4.31 Å². The molecule has 0 bridgehead atoms. The van der Waals surface area contributed by atoms with Crippen LogP contribution in [-0.4, -0.2) is 52.1 Å².